The predicted octanol–water partition coefficient (Wildman–Crippen LogP) is 0.718. The van der Waals surface area contributed by atoms with Gasteiger partial charge in [-0.1, -0.05) is 13.8 Å². The van der Waals surface area contributed by atoms with E-state index in [4.69, 9.17) is 5.73 Å². The van der Waals surface area contributed by atoms with Gasteiger partial charge in [0, 0.05) is 25.8 Å². The topological polar surface area (TPSA) is 89.9 Å². The molecule has 0 spiro atoms. The number of carbonyl (C=O) groups excluding carboxylic acids is 1. The number of pyridine rings is 1. The highest BCUT2D eigenvalue weighted by Gasteiger charge is 2.26. The lowest BCUT2D eigenvalue weighted by Gasteiger charge is -2.30. The van der Waals surface area contributed by atoms with Crippen molar-refractivity contribution in [1.82, 2.24) is 24.9 Å². The molecular formula is C14H20N6O. The molecule has 0 radical (unpaired) electrons. The van der Waals surface area contributed by atoms with Crippen LogP contribution >= 0.6 is 0 Å². The van der Waals surface area contributed by atoms with Crippen LogP contribution in [0.4, 0.5) is 0 Å². The van der Waals surface area contributed by atoms with Crippen LogP contribution in [-0.4, -0.2) is 50.4 Å². The first-order valence-electron chi connectivity index (χ1n) is 6.85. The Kier molecular flexibility index (Phi) is 4.64. The van der Waals surface area contributed by atoms with E-state index < -0.39 is 0 Å². The summed E-state index contributed by atoms with van der Waals surface area (Å²) in [5.74, 6) is 0.0750. The van der Waals surface area contributed by atoms with Gasteiger partial charge in [-0.25, -0.2) is 4.98 Å². The van der Waals surface area contributed by atoms with E-state index in [9.17, 15) is 4.79 Å². The number of hydrogen-bond acceptors (Lipinski definition) is 5. The summed E-state index contributed by atoms with van der Waals surface area (Å²) in [4.78, 5) is 19.9. The van der Waals surface area contributed by atoms with E-state index in [1.807, 2.05) is 13.8 Å². The molecule has 0 aliphatic rings. The molecule has 2 heterocycles. The van der Waals surface area contributed by atoms with E-state index in [1.54, 1.807) is 42.7 Å². The number of amides is 1. The molecule has 0 fully saturated rings. The Morgan fingerprint density at radius 1 is 1.33 bits per heavy atom. The lowest BCUT2D eigenvalue weighted by atomic mass is 10.0. The molecule has 1 amide bonds. The van der Waals surface area contributed by atoms with Crippen LogP contribution in [-0.2, 0) is 0 Å². The minimum absolute atomic E-state index is 0.0436. The van der Waals surface area contributed by atoms with Crippen molar-refractivity contribution in [3.8, 4) is 5.69 Å². The number of carbonyl (C=O) groups is 1. The van der Waals surface area contributed by atoms with Crippen molar-refractivity contribution >= 4 is 5.91 Å². The zero-order chi connectivity index (χ0) is 15.4. The molecule has 2 rings (SSSR count). The Labute approximate surface area is 123 Å². The summed E-state index contributed by atoms with van der Waals surface area (Å²) < 4.78 is 0. The van der Waals surface area contributed by atoms with Crippen molar-refractivity contribution in [3.05, 3.63) is 36.4 Å². The molecule has 0 saturated carbocycles. The van der Waals surface area contributed by atoms with Gasteiger partial charge >= 0.3 is 0 Å². The number of hydrogen-bond donors (Lipinski definition) is 1. The fourth-order valence-corrected chi connectivity index (χ4v) is 2.26. The van der Waals surface area contributed by atoms with Crippen LogP contribution in [0.1, 0.15) is 24.3 Å². The Hall–Kier alpha value is -2.28. The molecule has 7 nitrogen and oxygen atoms in total. The third-order valence-corrected chi connectivity index (χ3v) is 3.45. The van der Waals surface area contributed by atoms with Gasteiger partial charge in [0.25, 0.3) is 5.91 Å². The first kappa shape index (κ1) is 15.1. The normalized spacial score (nSPS) is 12.4. The lowest BCUT2D eigenvalue weighted by molar-refractivity contribution is 0.0690. The minimum atomic E-state index is -0.188. The molecule has 0 aliphatic heterocycles. The van der Waals surface area contributed by atoms with Gasteiger partial charge in [0.2, 0.25) is 0 Å². The Balaban J connectivity index is 2.36. The van der Waals surface area contributed by atoms with Gasteiger partial charge in [0.1, 0.15) is 5.69 Å². The maximum absolute atomic E-state index is 12.7. The molecule has 0 unspecified atom stereocenters. The maximum Gasteiger partial charge on any atom is 0.274 e. The van der Waals surface area contributed by atoms with Crippen molar-refractivity contribution in [2.75, 3.05) is 13.6 Å². The number of nitrogens with two attached hydrogens (primary N) is 1. The summed E-state index contributed by atoms with van der Waals surface area (Å²) >= 11 is 0. The Bertz CT molecular complexity index is 595. The third-order valence-electron chi connectivity index (χ3n) is 3.45. The zero-order valence-corrected chi connectivity index (χ0v) is 12.5. The van der Waals surface area contributed by atoms with Gasteiger partial charge in [-0.05, 0) is 18.1 Å². The average molecular weight is 288 g/mol. The van der Waals surface area contributed by atoms with Gasteiger partial charge in [-0.15, -0.1) is 4.80 Å². The molecule has 0 saturated heterocycles. The van der Waals surface area contributed by atoms with Crippen LogP contribution in [0.25, 0.3) is 5.69 Å². The van der Waals surface area contributed by atoms with Crippen molar-refractivity contribution in [2.45, 2.75) is 19.9 Å². The molecule has 0 aliphatic carbocycles. The number of rotatable bonds is 5. The van der Waals surface area contributed by atoms with Gasteiger partial charge in [0.15, 0.2) is 5.69 Å². The Morgan fingerprint density at radius 2 is 2.00 bits per heavy atom. The second-order valence-corrected chi connectivity index (χ2v) is 5.15. The number of aromatic nitrogens is 4. The summed E-state index contributed by atoms with van der Waals surface area (Å²) in [6.07, 6.45) is 4.70. The first-order chi connectivity index (χ1) is 10.1. The summed E-state index contributed by atoms with van der Waals surface area (Å²) in [7, 11) is 1.74. The molecular weight excluding hydrogens is 268 g/mol. The predicted molar refractivity (Wildman–Crippen MR) is 78.9 cm³/mol. The molecule has 1 atom stereocenters. The monoisotopic (exact) mass is 288 g/mol. The van der Waals surface area contributed by atoms with Gasteiger partial charge in [0.05, 0.1) is 12.4 Å². The highest BCUT2D eigenvalue weighted by Crippen LogP contribution is 2.15. The standard InChI is InChI=1S/C14H20N6O/c1-10(2)12(9-15)19(3)14(21)13-11(5-4-6-16-13)20-17-7-8-18-20/h4-8,10,12H,9,15H2,1-3H3/t12-/m1/s1. The van der Waals surface area contributed by atoms with Crippen LogP contribution in [0.3, 0.4) is 0 Å². The van der Waals surface area contributed by atoms with Crippen LogP contribution in [0.5, 0.6) is 0 Å². The highest BCUT2D eigenvalue weighted by molar-refractivity contribution is 5.95. The van der Waals surface area contributed by atoms with E-state index in [0.29, 0.717) is 17.9 Å². The molecule has 21 heavy (non-hydrogen) atoms. The van der Waals surface area contributed by atoms with Crippen molar-refractivity contribution < 1.29 is 4.79 Å². The lowest BCUT2D eigenvalue weighted by Crippen LogP contribution is -2.45. The van der Waals surface area contributed by atoms with Gasteiger partial charge in [-0.3, -0.25) is 4.79 Å². The number of nitrogens with zero attached hydrogens (tertiary/aromatic N) is 5. The van der Waals surface area contributed by atoms with Crippen molar-refractivity contribution in [1.29, 1.82) is 0 Å². The molecule has 2 aromatic heterocycles. The van der Waals surface area contributed by atoms with Crippen LogP contribution in [0.15, 0.2) is 30.7 Å². The van der Waals surface area contributed by atoms with Crippen molar-refractivity contribution in [2.24, 2.45) is 11.7 Å². The van der Waals surface area contributed by atoms with E-state index in [1.165, 1.54) is 4.80 Å². The average Bonchev–Trinajstić information content (AvgIpc) is 3.00. The third kappa shape index (κ3) is 3.08. The van der Waals surface area contributed by atoms with E-state index in [2.05, 4.69) is 15.2 Å². The molecule has 0 aromatic carbocycles. The maximum atomic E-state index is 12.7. The molecule has 7 heteroatoms. The summed E-state index contributed by atoms with van der Waals surface area (Å²) in [6.45, 7) is 4.48. The van der Waals surface area contributed by atoms with Crippen LogP contribution in [0.2, 0.25) is 0 Å². The largest absolute Gasteiger partial charge is 0.336 e. The SMILES string of the molecule is CC(C)[C@@H](CN)N(C)C(=O)c1ncccc1-n1nccn1. The second kappa shape index (κ2) is 6.45. The fraction of sp³-hybridized carbons (Fsp3) is 0.429. The Morgan fingerprint density at radius 3 is 2.57 bits per heavy atom. The molecule has 2 N–H and O–H groups in total. The summed E-state index contributed by atoms with van der Waals surface area (Å²) in [6, 6.07) is 3.47. The van der Waals surface area contributed by atoms with E-state index in [0.717, 1.165) is 0 Å². The quantitative estimate of drug-likeness (QED) is 0.875. The zero-order valence-electron chi connectivity index (χ0n) is 12.5. The fourth-order valence-electron chi connectivity index (χ4n) is 2.26. The highest BCUT2D eigenvalue weighted by atomic mass is 16.2. The van der Waals surface area contributed by atoms with Crippen LogP contribution < -0.4 is 5.73 Å². The molecule has 0 bridgehead atoms. The van der Waals surface area contributed by atoms with Crippen LogP contribution in [0, 0.1) is 5.92 Å². The van der Waals surface area contributed by atoms with Crippen molar-refractivity contribution in [3.63, 3.8) is 0 Å². The van der Waals surface area contributed by atoms with Gasteiger partial charge in [-0.2, -0.15) is 10.2 Å². The summed E-state index contributed by atoms with van der Waals surface area (Å²) in [5.41, 5.74) is 6.65. The smallest absolute Gasteiger partial charge is 0.274 e. The number of likely N-dealkylation sites (N-methyl/N-ethyl adjacent to an activating group) is 1. The van der Waals surface area contributed by atoms with E-state index >= 15 is 0 Å². The van der Waals surface area contributed by atoms with E-state index in [-0.39, 0.29) is 17.9 Å². The minimum Gasteiger partial charge on any atom is -0.336 e. The first-order valence-corrected chi connectivity index (χ1v) is 6.85. The van der Waals surface area contributed by atoms with Gasteiger partial charge < -0.3 is 10.6 Å². The summed E-state index contributed by atoms with van der Waals surface area (Å²) in [5, 5.41) is 8.12. The molecule has 2 aromatic rings. The molecule has 112 valence electrons. The second-order valence-electron chi connectivity index (χ2n) is 5.15.